The SMILES string of the molecule is CC/C=C(\C=N)CNCc1cnc2ccc(-c3ccc(F)c(F)c3CCC/C(C(C)=NC)=C(/N)CC(C)(C)C)cn12. The summed E-state index contributed by atoms with van der Waals surface area (Å²) in [5, 5.41) is 10.9. The summed E-state index contributed by atoms with van der Waals surface area (Å²) < 4.78 is 31.7. The van der Waals surface area contributed by atoms with Crippen LogP contribution < -0.4 is 11.1 Å². The molecule has 6 nitrogen and oxygen atoms in total. The summed E-state index contributed by atoms with van der Waals surface area (Å²) in [7, 11) is 1.74. The fourth-order valence-electron chi connectivity index (χ4n) is 5.04. The summed E-state index contributed by atoms with van der Waals surface area (Å²) in [6.07, 6.45) is 10.3. The Hall–Kier alpha value is -3.65. The molecule has 3 aromatic rings. The number of imidazole rings is 1. The molecule has 8 heteroatoms. The van der Waals surface area contributed by atoms with Gasteiger partial charge in [-0.3, -0.25) is 4.99 Å². The Kier molecular flexibility index (Phi) is 11.1. The van der Waals surface area contributed by atoms with E-state index in [1.54, 1.807) is 19.3 Å². The van der Waals surface area contributed by atoms with Crippen molar-refractivity contribution in [3.05, 3.63) is 82.5 Å². The molecule has 2 aromatic heterocycles. The molecule has 3 rings (SSSR count). The number of nitrogens with zero attached hydrogens (tertiary/aromatic N) is 3. The van der Waals surface area contributed by atoms with Crippen LogP contribution in [-0.4, -0.2) is 34.9 Å². The summed E-state index contributed by atoms with van der Waals surface area (Å²) in [6, 6.07) is 6.62. The first-order valence-corrected chi connectivity index (χ1v) is 14.2. The highest BCUT2D eigenvalue weighted by atomic mass is 19.2. The standard InChI is InChI=1S/C33H44F2N6/c1-7-9-23(17-36)18-39-19-25-20-40-31-15-12-24(21-41(25)31)27-13-14-29(34)32(35)28(27)11-8-10-26(22(2)38-6)30(37)16-33(3,4)5/h9,12-15,17,20-21,36,39H,7-8,10-11,16,18-19,37H2,1-6H3/b23-9+,30-26-,36-17?,38-22?. The second kappa shape index (κ2) is 14.3. The maximum Gasteiger partial charge on any atom is 0.162 e. The monoisotopic (exact) mass is 562 g/mol. The number of benzene rings is 1. The molecule has 4 N–H and O–H groups in total. The molecule has 0 bridgehead atoms. The molecule has 0 amide bonds. The number of pyridine rings is 1. The average Bonchev–Trinajstić information content (AvgIpc) is 3.33. The Balaban J connectivity index is 1.88. The molecule has 0 spiro atoms. The normalized spacial score (nSPS) is 13.6. The average molecular weight is 563 g/mol. The highest BCUT2D eigenvalue weighted by molar-refractivity contribution is 5.98. The second-order valence-electron chi connectivity index (χ2n) is 11.6. The van der Waals surface area contributed by atoms with E-state index in [2.05, 4.69) is 36.1 Å². The molecule has 220 valence electrons. The minimum absolute atomic E-state index is 0.0279. The van der Waals surface area contributed by atoms with Crippen LogP contribution in [0.3, 0.4) is 0 Å². The van der Waals surface area contributed by atoms with Crippen LogP contribution in [0.2, 0.25) is 0 Å². The summed E-state index contributed by atoms with van der Waals surface area (Å²) in [5.74, 6) is -1.67. The fraction of sp³-hybridized carbons (Fsp3) is 0.424. The zero-order valence-corrected chi connectivity index (χ0v) is 25.2. The number of hydrogen-bond acceptors (Lipinski definition) is 5. The van der Waals surface area contributed by atoms with Gasteiger partial charge < -0.3 is 20.9 Å². The summed E-state index contributed by atoms with van der Waals surface area (Å²) in [6.45, 7) is 11.5. The van der Waals surface area contributed by atoms with Crippen molar-refractivity contribution < 1.29 is 8.78 Å². The van der Waals surface area contributed by atoms with Crippen LogP contribution in [0.25, 0.3) is 16.8 Å². The first-order valence-electron chi connectivity index (χ1n) is 14.2. The molecule has 0 saturated heterocycles. The lowest BCUT2D eigenvalue weighted by Gasteiger charge is -2.21. The molecular formula is C33H44F2N6. The Bertz CT molecular complexity index is 1460. The lowest BCUT2D eigenvalue weighted by Crippen LogP contribution is -2.18. The Labute approximate surface area is 243 Å². The molecule has 1 aromatic carbocycles. The van der Waals surface area contributed by atoms with E-state index in [9.17, 15) is 4.39 Å². The molecule has 2 heterocycles. The third-order valence-electron chi connectivity index (χ3n) is 7.11. The van der Waals surface area contributed by atoms with Crippen molar-refractivity contribution in [3.63, 3.8) is 0 Å². The van der Waals surface area contributed by atoms with Gasteiger partial charge in [-0.15, -0.1) is 0 Å². The van der Waals surface area contributed by atoms with E-state index in [-0.39, 0.29) is 5.41 Å². The van der Waals surface area contributed by atoms with Gasteiger partial charge in [-0.25, -0.2) is 13.8 Å². The van der Waals surface area contributed by atoms with E-state index < -0.39 is 11.6 Å². The highest BCUT2D eigenvalue weighted by Gasteiger charge is 2.19. The van der Waals surface area contributed by atoms with Crippen molar-refractivity contribution in [1.82, 2.24) is 14.7 Å². The Morgan fingerprint density at radius 2 is 1.95 bits per heavy atom. The van der Waals surface area contributed by atoms with Gasteiger partial charge in [-0.1, -0.05) is 39.8 Å². The van der Waals surface area contributed by atoms with Crippen LogP contribution in [-0.2, 0) is 13.0 Å². The molecule has 0 atom stereocenters. The van der Waals surface area contributed by atoms with Crippen molar-refractivity contribution >= 4 is 17.6 Å². The van der Waals surface area contributed by atoms with E-state index in [0.717, 1.165) is 52.3 Å². The van der Waals surface area contributed by atoms with Crippen LogP contribution in [0.1, 0.15) is 71.6 Å². The van der Waals surface area contributed by atoms with Crippen LogP contribution in [0, 0.1) is 22.5 Å². The van der Waals surface area contributed by atoms with Gasteiger partial charge >= 0.3 is 0 Å². The molecule has 0 saturated carbocycles. The summed E-state index contributed by atoms with van der Waals surface area (Å²) >= 11 is 0. The van der Waals surface area contributed by atoms with Gasteiger partial charge in [0.1, 0.15) is 5.65 Å². The van der Waals surface area contributed by atoms with Gasteiger partial charge in [0.05, 0.1) is 11.9 Å². The number of fused-ring (bicyclic) bond motifs is 1. The number of rotatable bonds is 13. The number of nitrogens with one attached hydrogen (secondary N) is 2. The summed E-state index contributed by atoms with van der Waals surface area (Å²) in [5.41, 5.74) is 13.6. The first-order chi connectivity index (χ1) is 19.5. The second-order valence-corrected chi connectivity index (χ2v) is 11.6. The van der Waals surface area contributed by atoms with Crippen molar-refractivity contribution in [1.29, 1.82) is 5.41 Å². The van der Waals surface area contributed by atoms with E-state index in [1.807, 2.05) is 42.7 Å². The Morgan fingerprint density at radius 3 is 2.61 bits per heavy atom. The largest absolute Gasteiger partial charge is 0.402 e. The number of hydrogen-bond donors (Lipinski definition) is 3. The van der Waals surface area contributed by atoms with Gasteiger partial charge in [-0.05, 0) is 90.5 Å². The first kappa shape index (κ1) is 31.9. The topological polar surface area (TPSA) is 91.6 Å². The zero-order chi connectivity index (χ0) is 30.2. The number of nitrogens with two attached hydrogens (primary N) is 1. The summed E-state index contributed by atoms with van der Waals surface area (Å²) in [4.78, 5) is 8.85. The molecule has 0 fully saturated rings. The molecule has 41 heavy (non-hydrogen) atoms. The van der Waals surface area contributed by atoms with Gasteiger partial charge in [0.2, 0.25) is 0 Å². The number of halogens is 2. The van der Waals surface area contributed by atoms with Gasteiger partial charge in [0, 0.05) is 44.0 Å². The van der Waals surface area contributed by atoms with E-state index in [0.29, 0.717) is 43.5 Å². The maximum atomic E-state index is 15.3. The maximum absolute atomic E-state index is 15.3. The van der Waals surface area contributed by atoms with Crippen LogP contribution in [0.15, 0.2) is 64.6 Å². The van der Waals surface area contributed by atoms with E-state index >= 15 is 4.39 Å². The predicted molar refractivity (Wildman–Crippen MR) is 167 cm³/mol. The highest BCUT2D eigenvalue weighted by Crippen LogP contribution is 2.31. The smallest absolute Gasteiger partial charge is 0.162 e. The van der Waals surface area contributed by atoms with Crippen LogP contribution in [0.5, 0.6) is 0 Å². The lowest BCUT2D eigenvalue weighted by atomic mass is 9.87. The van der Waals surface area contributed by atoms with Crippen LogP contribution >= 0.6 is 0 Å². The number of aliphatic imine (C=N–C) groups is 1. The third-order valence-corrected chi connectivity index (χ3v) is 7.11. The molecule has 0 radical (unpaired) electrons. The molecular weight excluding hydrogens is 518 g/mol. The molecule has 0 aliphatic carbocycles. The van der Waals surface area contributed by atoms with Gasteiger partial charge in [0.15, 0.2) is 11.6 Å². The van der Waals surface area contributed by atoms with Crippen molar-refractivity contribution in [2.24, 2.45) is 16.1 Å². The minimum Gasteiger partial charge on any atom is -0.402 e. The van der Waals surface area contributed by atoms with E-state index in [4.69, 9.17) is 11.1 Å². The van der Waals surface area contributed by atoms with Crippen molar-refractivity contribution in [2.75, 3.05) is 13.6 Å². The predicted octanol–water partition coefficient (Wildman–Crippen LogP) is 7.42. The fourth-order valence-corrected chi connectivity index (χ4v) is 5.04. The number of aromatic nitrogens is 2. The van der Waals surface area contributed by atoms with Gasteiger partial charge in [-0.2, -0.15) is 0 Å². The quantitative estimate of drug-likeness (QED) is 0.189. The molecule has 0 aliphatic rings. The third kappa shape index (κ3) is 8.43. The minimum atomic E-state index is -0.853. The zero-order valence-electron chi connectivity index (χ0n) is 25.2. The Morgan fingerprint density at radius 1 is 1.20 bits per heavy atom. The van der Waals surface area contributed by atoms with Gasteiger partial charge in [0.25, 0.3) is 0 Å². The lowest BCUT2D eigenvalue weighted by molar-refractivity contribution is 0.406. The molecule has 0 aliphatic heterocycles. The van der Waals surface area contributed by atoms with Crippen molar-refractivity contribution in [2.45, 2.75) is 73.3 Å². The number of allylic oxidation sites excluding steroid dienone is 3. The van der Waals surface area contributed by atoms with E-state index in [1.165, 1.54) is 12.3 Å². The van der Waals surface area contributed by atoms with Crippen molar-refractivity contribution in [3.8, 4) is 11.1 Å². The van der Waals surface area contributed by atoms with Crippen LogP contribution in [0.4, 0.5) is 8.78 Å². The molecule has 0 unspecified atom stereocenters.